The fraction of sp³-hybridized carbons (Fsp3) is 0.417. The number of nitrogens with zero attached hydrogens (tertiary/aromatic N) is 2. The summed E-state index contributed by atoms with van der Waals surface area (Å²) in [5, 5.41) is 13.7. The molecule has 0 fully saturated rings. The van der Waals surface area contributed by atoms with Crippen LogP contribution in [-0.2, 0) is 19.4 Å². The topological polar surface area (TPSA) is 82.7 Å². The smallest absolute Gasteiger partial charge is 0.278 e. The van der Waals surface area contributed by atoms with Crippen molar-refractivity contribution in [1.82, 2.24) is 20.5 Å². The molecular weight excluding hydrogens is 262 g/mol. The number of amides is 1. The van der Waals surface area contributed by atoms with Crippen LogP contribution in [0.25, 0.3) is 0 Å². The summed E-state index contributed by atoms with van der Waals surface area (Å²) < 4.78 is 0. The van der Waals surface area contributed by atoms with Crippen LogP contribution in [-0.4, -0.2) is 27.6 Å². The van der Waals surface area contributed by atoms with Crippen LogP contribution in [0.3, 0.4) is 0 Å². The van der Waals surface area contributed by atoms with E-state index in [0.29, 0.717) is 17.4 Å². The van der Waals surface area contributed by atoms with Gasteiger partial charge in [0.05, 0.1) is 0 Å². The first-order valence-corrected chi connectivity index (χ1v) is 7.12. The van der Waals surface area contributed by atoms with Gasteiger partial charge in [-0.1, -0.05) is 6.92 Å². The third-order valence-electron chi connectivity index (χ3n) is 3.14. The molecule has 3 heterocycles. The highest BCUT2D eigenvalue weighted by atomic mass is 32.1. The first kappa shape index (κ1) is 12.3. The fourth-order valence-electron chi connectivity index (χ4n) is 2.10. The Morgan fingerprint density at radius 2 is 2.47 bits per heavy atom. The monoisotopic (exact) mass is 277 g/mol. The molecule has 0 atom stereocenters. The number of carbonyl (C=O) groups excluding carboxylic acids is 1. The average Bonchev–Trinajstić information content (AvgIpc) is 3.04. The van der Waals surface area contributed by atoms with Gasteiger partial charge in [-0.05, 0) is 6.42 Å². The lowest BCUT2D eigenvalue weighted by molar-refractivity contribution is 0.102. The number of nitrogens with one attached hydrogen (secondary N) is 3. The van der Waals surface area contributed by atoms with Crippen molar-refractivity contribution in [3.05, 3.63) is 28.0 Å². The fourth-order valence-corrected chi connectivity index (χ4v) is 2.85. The Morgan fingerprint density at radius 3 is 3.26 bits per heavy atom. The maximum atomic E-state index is 12.2. The summed E-state index contributed by atoms with van der Waals surface area (Å²) >= 11 is 1.50. The second-order valence-electron chi connectivity index (χ2n) is 4.40. The summed E-state index contributed by atoms with van der Waals surface area (Å²) in [5.41, 5.74) is 2.49. The van der Waals surface area contributed by atoms with Crippen molar-refractivity contribution in [2.24, 2.45) is 0 Å². The lowest BCUT2D eigenvalue weighted by Gasteiger charge is -2.12. The quantitative estimate of drug-likeness (QED) is 0.790. The number of H-pyrrole nitrogens is 1. The number of aromatic amines is 1. The number of hydrogen-bond donors (Lipinski definition) is 3. The number of thiazole rings is 1. The number of rotatable bonds is 3. The van der Waals surface area contributed by atoms with E-state index in [4.69, 9.17) is 0 Å². The zero-order valence-electron chi connectivity index (χ0n) is 10.6. The van der Waals surface area contributed by atoms with E-state index in [1.807, 2.05) is 0 Å². The Labute approximate surface area is 114 Å². The number of hydrogen-bond acceptors (Lipinski definition) is 5. The first-order chi connectivity index (χ1) is 9.28. The van der Waals surface area contributed by atoms with E-state index in [0.717, 1.165) is 35.5 Å². The molecule has 100 valence electrons. The molecule has 3 rings (SSSR count). The number of carbonyl (C=O) groups is 1. The van der Waals surface area contributed by atoms with Crippen LogP contribution in [0.15, 0.2) is 6.20 Å². The summed E-state index contributed by atoms with van der Waals surface area (Å²) in [4.78, 5) is 17.5. The third-order valence-corrected chi connectivity index (χ3v) is 4.20. The molecule has 0 unspecified atom stereocenters. The van der Waals surface area contributed by atoms with Crippen LogP contribution in [0.2, 0.25) is 0 Å². The molecule has 19 heavy (non-hydrogen) atoms. The van der Waals surface area contributed by atoms with E-state index >= 15 is 0 Å². The molecule has 2 aromatic rings. The summed E-state index contributed by atoms with van der Waals surface area (Å²) in [5.74, 6) is -0.196. The van der Waals surface area contributed by atoms with Crippen LogP contribution in [0.5, 0.6) is 0 Å². The second kappa shape index (κ2) is 5.10. The van der Waals surface area contributed by atoms with Crippen LogP contribution >= 0.6 is 11.3 Å². The number of aromatic nitrogens is 3. The predicted molar refractivity (Wildman–Crippen MR) is 73.4 cm³/mol. The van der Waals surface area contributed by atoms with Gasteiger partial charge < -0.3 is 5.32 Å². The van der Waals surface area contributed by atoms with E-state index in [2.05, 4.69) is 32.7 Å². The van der Waals surface area contributed by atoms with Gasteiger partial charge >= 0.3 is 0 Å². The maximum Gasteiger partial charge on any atom is 0.278 e. The number of fused-ring (bicyclic) bond motifs is 1. The van der Waals surface area contributed by atoms with Gasteiger partial charge in [-0.2, -0.15) is 5.10 Å². The largest absolute Gasteiger partial charge is 0.312 e. The molecule has 2 aromatic heterocycles. The summed E-state index contributed by atoms with van der Waals surface area (Å²) in [6, 6.07) is 0. The highest BCUT2D eigenvalue weighted by Gasteiger charge is 2.22. The van der Waals surface area contributed by atoms with Crippen molar-refractivity contribution in [1.29, 1.82) is 0 Å². The summed E-state index contributed by atoms with van der Waals surface area (Å²) in [7, 11) is 0. The van der Waals surface area contributed by atoms with Gasteiger partial charge in [0.15, 0.2) is 10.8 Å². The van der Waals surface area contributed by atoms with Crippen LogP contribution in [0.1, 0.15) is 33.5 Å². The normalized spacial score (nSPS) is 14.2. The zero-order chi connectivity index (χ0) is 13.2. The van der Waals surface area contributed by atoms with Crippen molar-refractivity contribution in [3.63, 3.8) is 0 Å². The minimum atomic E-state index is -0.196. The molecule has 0 radical (unpaired) electrons. The minimum Gasteiger partial charge on any atom is -0.312 e. The van der Waals surface area contributed by atoms with Crippen molar-refractivity contribution >= 4 is 22.4 Å². The molecule has 7 heteroatoms. The van der Waals surface area contributed by atoms with Crippen molar-refractivity contribution in [3.8, 4) is 0 Å². The molecule has 1 amide bonds. The van der Waals surface area contributed by atoms with E-state index in [9.17, 15) is 4.79 Å². The van der Waals surface area contributed by atoms with Gasteiger partial charge in [-0.15, -0.1) is 11.3 Å². The molecule has 6 nitrogen and oxygen atoms in total. The van der Waals surface area contributed by atoms with Gasteiger partial charge in [-0.25, -0.2) is 4.98 Å². The zero-order valence-corrected chi connectivity index (χ0v) is 11.4. The van der Waals surface area contributed by atoms with Gasteiger partial charge in [0.1, 0.15) is 0 Å². The van der Waals surface area contributed by atoms with E-state index in [-0.39, 0.29) is 5.91 Å². The van der Waals surface area contributed by atoms with Crippen molar-refractivity contribution < 1.29 is 4.79 Å². The molecule has 0 bridgehead atoms. The third kappa shape index (κ3) is 2.39. The van der Waals surface area contributed by atoms with E-state index in [1.54, 1.807) is 6.20 Å². The Kier molecular flexibility index (Phi) is 3.31. The highest BCUT2D eigenvalue weighted by molar-refractivity contribution is 7.15. The Hall–Kier alpha value is -1.73. The molecule has 1 aliphatic heterocycles. The van der Waals surface area contributed by atoms with Gasteiger partial charge in [0.25, 0.3) is 5.91 Å². The predicted octanol–water partition coefficient (Wildman–Crippen LogP) is 1.33. The second-order valence-corrected chi connectivity index (χ2v) is 5.51. The highest BCUT2D eigenvalue weighted by Crippen LogP contribution is 2.21. The number of anilines is 1. The van der Waals surface area contributed by atoms with Crippen LogP contribution in [0, 0.1) is 0 Å². The molecule has 0 aromatic carbocycles. The van der Waals surface area contributed by atoms with Gasteiger partial charge in [-0.3, -0.25) is 15.2 Å². The lowest BCUT2D eigenvalue weighted by atomic mass is 10.1. The molecule has 0 aliphatic carbocycles. The lowest BCUT2D eigenvalue weighted by Crippen LogP contribution is -2.25. The maximum absolute atomic E-state index is 12.2. The van der Waals surface area contributed by atoms with Gasteiger partial charge in [0, 0.05) is 41.8 Å². The molecular formula is C12H15N5OS. The molecule has 0 spiro atoms. The molecule has 3 N–H and O–H groups in total. The summed E-state index contributed by atoms with van der Waals surface area (Å²) in [6.45, 7) is 3.67. The van der Waals surface area contributed by atoms with Crippen LogP contribution < -0.4 is 10.6 Å². The Bertz CT molecular complexity index is 603. The minimum absolute atomic E-state index is 0.196. The number of aryl methyl sites for hydroxylation is 1. The molecule has 0 saturated heterocycles. The standard InChI is InChI=1S/C12H15N5OS/c1-2-7-5-14-12(19-7)15-11(18)10-8-6-13-4-3-9(8)16-17-10/h5,13H,2-4,6H2,1H3,(H,16,17)(H,14,15,18). The molecule has 0 saturated carbocycles. The average molecular weight is 277 g/mol. The van der Waals surface area contributed by atoms with Crippen molar-refractivity contribution in [2.45, 2.75) is 26.3 Å². The summed E-state index contributed by atoms with van der Waals surface area (Å²) in [6.07, 6.45) is 3.60. The SMILES string of the molecule is CCc1cnc(NC(=O)c2n[nH]c3c2CNCC3)s1. The van der Waals surface area contributed by atoms with Gasteiger partial charge in [0.2, 0.25) is 0 Å². The van der Waals surface area contributed by atoms with Crippen molar-refractivity contribution in [2.75, 3.05) is 11.9 Å². The first-order valence-electron chi connectivity index (χ1n) is 6.30. The van der Waals surface area contributed by atoms with Crippen LogP contribution in [0.4, 0.5) is 5.13 Å². The van der Waals surface area contributed by atoms with E-state index in [1.165, 1.54) is 11.3 Å². The van der Waals surface area contributed by atoms with E-state index < -0.39 is 0 Å². The Balaban J connectivity index is 1.78. The Morgan fingerprint density at radius 1 is 1.58 bits per heavy atom. The molecule has 1 aliphatic rings.